The number of rotatable bonds is 6. The van der Waals surface area contributed by atoms with E-state index >= 15 is 0 Å². The van der Waals surface area contributed by atoms with Crippen molar-refractivity contribution in [3.8, 4) is 0 Å². The Balaban J connectivity index is 2.27. The largest absolute Gasteiger partial charge is 0.369 e. The molecule has 1 aromatic carbocycles. The van der Waals surface area contributed by atoms with Crippen LogP contribution in [-0.2, 0) is 6.54 Å². The number of benzene rings is 1. The van der Waals surface area contributed by atoms with E-state index in [9.17, 15) is 0 Å². The molecule has 0 aliphatic carbocycles. The molecule has 0 fully saturated rings. The Morgan fingerprint density at radius 3 is 2.42 bits per heavy atom. The Kier molecular flexibility index (Phi) is 4.58. The highest BCUT2D eigenvalue weighted by Gasteiger charge is 2.18. The lowest BCUT2D eigenvalue weighted by Crippen LogP contribution is -2.31. The van der Waals surface area contributed by atoms with Crippen LogP contribution in [0.2, 0.25) is 0 Å². The van der Waals surface area contributed by atoms with Gasteiger partial charge in [0.05, 0.1) is 6.04 Å². The maximum absolute atomic E-state index is 5.88. The second-order valence-corrected chi connectivity index (χ2v) is 4.59. The van der Waals surface area contributed by atoms with Crippen molar-refractivity contribution in [2.75, 3.05) is 18.8 Å². The fraction of sp³-hybridized carbons (Fsp3) is 0.400. The van der Waals surface area contributed by atoms with Gasteiger partial charge in [-0.05, 0) is 18.7 Å². The molecule has 1 heterocycles. The molecule has 1 unspecified atom stereocenters. The zero-order valence-corrected chi connectivity index (χ0v) is 11.7. The molecule has 0 saturated carbocycles. The van der Waals surface area contributed by atoms with Crippen LogP contribution in [0.25, 0.3) is 0 Å². The van der Waals surface area contributed by atoms with Crippen LogP contribution in [0.3, 0.4) is 0 Å². The van der Waals surface area contributed by atoms with E-state index in [1.165, 1.54) is 5.56 Å². The number of nitrogens with zero attached hydrogens (tertiary/aromatic N) is 3. The fourth-order valence-corrected chi connectivity index (χ4v) is 2.45. The molecule has 2 N–H and O–H groups in total. The van der Waals surface area contributed by atoms with E-state index in [1.807, 2.05) is 16.8 Å². The molecule has 0 aliphatic heterocycles. The van der Waals surface area contributed by atoms with Crippen LogP contribution in [0.15, 0.2) is 42.7 Å². The van der Waals surface area contributed by atoms with Gasteiger partial charge in [-0.1, -0.05) is 44.2 Å². The highest BCUT2D eigenvalue weighted by Crippen LogP contribution is 2.23. The molecule has 1 aromatic heterocycles. The minimum absolute atomic E-state index is 0.327. The van der Waals surface area contributed by atoms with Crippen LogP contribution in [0.5, 0.6) is 0 Å². The van der Waals surface area contributed by atoms with Crippen LogP contribution in [0.1, 0.15) is 25.5 Å². The summed E-state index contributed by atoms with van der Waals surface area (Å²) in [7, 11) is 0. The predicted octanol–water partition coefficient (Wildman–Crippen LogP) is 2.55. The summed E-state index contributed by atoms with van der Waals surface area (Å²) in [6.07, 6.45) is 3.69. The number of aromatic nitrogens is 2. The third-order valence-electron chi connectivity index (χ3n) is 3.55. The molecule has 19 heavy (non-hydrogen) atoms. The Hall–Kier alpha value is -1.81. The van der Waals surface area contributed by atoms with Crippen LogP contribution in [0, 0.1) is 0 Å². The maximum Gasteiger partial charge on any atom is 0.200 e. The summed E-state index contributed by atoms with van der Waals surface area (Å²) in [5.41, 5.74) is 7.20. The van der Waals surface area contributed by atoms with Gasteiger partial charge in [0.2, 0.25) is 0 Å². The first-order valence-electron chi connectivity index (χ1n) is 6.81. The van der Waals surface area contributed by atoms with Crippen molar-refractivity contribution in [2.24, 2.45) is 0 Å². The molecule has 1 atom stereocenters. The second-order valence-electron chi connectivity index (χ2n) is 4.59. The van der Waals surface area contributed by atoms with Gasteiger partial charge in [0.15, 0.2) is 5.95 Å². The van der Waals surface area contributed by atoms with Crippen molar-refractivity contribution in [3.63, 3.8) is 0 Å². The Bertz CT molecular complexity index is 488. The van der Waals surface area contributed by atoms with Gasteiger partial charge in [-0.15, -0.1) is 0 Å². The third kappa shape index (κ3) is 3.15. The molecule has 0 amide bonds. The summed E-state index contributed by atoms with van der Waals surface area (Å²) in [6, 6.07) is 10.9. The van der Waals surface area contributed by atoms with Gasteiger partial charge < -0.3 is 10.3 Å². The van der Waals surface area contributed by atoms with Crippen molar-refractivity contribution < 1.29 is 0 Å². The number of nitrogens with two attached hydrogens (primary N) is 1. The number of hydrogen-bond donors (Lipinski definition) is 1. The Morgan fingerprint density at radius 2 is 1.89 bits per heavy atom. The molecule has 0 aliphatic rings. The summed E-state index contributed by atoms with van der Waals surface area (Å²) >= 11 is 0. The minimum Gasteiger partial charge on any atom is -0.369 e. The average molecular weight is 258 g/mol. The lowest BCUT2D eigenvalue weighted by molar-refractivity contribution is 0.198. The molecule has 2 aromatic rings. The smallest absolute Gasteiger partial charge is 0.200 e. The normalized spacial score (nSPS) is 12.8. The SMILES string of the molecule is CCN(CC)C(Cn1ccnc1N)c1ccccc1. The van der Waals surface area contributed by atoms with E-state index in [0.29, 0.717) is 12.0 Å². The monoisotopic (exact) mass is 258 g/mol. The quantitative estimate of drug-likeness (QED) is 0.866. The molecule has 0 spiro atoms. The molecular formula is C15H22N4. The molecule has 4 heteroatoms. The molecule has 0 saturated heterocycles. The number of anilines is 1. The maximum atomic E-state index is 5.88. The lowest BCUT2D eigenvalue weighted by Gasteiger charge is -2.30. The zero-order valence-electron chi connectivity index (χ0n) is 11.7. The predicted molar refractivity (Wildman–Crippen MR) is 78.7 cm³/mol. The van der Waals surface area contributed by atoms with Gasteiger partial charge in [0, 0.05) is 18.9 Å². The first-order chi connectivity index (χ1) is 9.26. The molecule has 0 bridgehead atoms. The van der Waals surface area contributed by atoms with Gasteiger partial charge in [0.25, 0.3) is 0 Å². The van der Waals surface area contributed by atoms with Crippen LogP contribution in [-0.4, -0.2) is 27.5 Å². The number of imidazole rings is 1. The minimum atomic E-state index is 0.327. The molecule has 4 nitrogen and oxygen atoms in total. The van der Waals surface area contributed by atoms with Crippen molar-refractivity contribution in [2.45, 2.75) is 26.4 Å². The lowest BCUT2D eigenvalue weighted by atomic mass is 10.1. The summed E-state index contributed by atoms with van der Waals surface area (Å²) in [6.45, 7) is 7.25. The van der Waals surface area contributed by atoms with Crippen molar-refractivity contribution in [3.05, 3.63) is 48.3 Å². The second kappa shape index (κ2) is 6.38. The van der Waals surface area contributed by atoms with Gasteiger partial charge in [-0.2, -0.15) is 0 Å². The van der Waals surface area contributed by atoms with E-state index in [-0.39, 0.29) is 0 Å². The fourth-order valence-electron chi connectivity index (χ4n) is 2.45. The van der Waals surface area contributed by atoms with Crippen LogP contribution < -0.4 is 5.73 Å². The van der Waals surface area contributed by atoms with Crippen LogP contribution >= 0.6 is 0 Å². The van der Waals surface area contributed by atoms with Crippen LogP contribution in [0.4, 0.5) is 5.95 Å². The molecule has 0 radical (unpaired) electrons. The van der Waals surface area contributed by atoms with E-state index in [2.05, 4.69) is 48.0 Å². The molecule has 102 valence electrons. The number of likely N-dealkylation sites (N-methyl/N-ethyl adjacent to an activating group) is 1. The topological polar surface area (TPSA) is 47.1 Å². The van der Waals surface area contributed by atoms with Gasteiger partial charge in [0.1, 0.15) is 0 Å². The first-order valence-corrected chi connectivity index (χ1v) is 6.81. The van der Waals surface area contributed by atoms with Gasteiger partial charge in [-0.3, -0.25) is 4.90 Å². The summed E-state index contributed by atoms with van der Waals surface area (Å²) < 4.78 is 2.01. The van der Waals surface area contributed by atoms with E-state index in [4.69, 9.17) is 5.73 Å². The summed E-state index contributed by atoms with van der Waals surface area (Å²) in [5, 5.41) is 0. The van der Waals surface area contributed by atoms with Crippen molar-refractivity contribution in [1.29, 1.82) is 0 Å². The third-order valence-corrected chi connectivity index (χ3v) is 3.55. The summed E-state index contributed by atoms with van der Waals surface area (Å²) in [5.74, 6) is 0.577. The summed E-state index contributed by atoms with van der Waals surface area (Å²) in [4.78, 5) is 6.54. The Morgan fingerprint density at radius 1 is 1.21 bits per heavy atom. The van der Waals surface area contributed by atoms with Crippen molar-refractivity contribution >= 4 is 5.95 Å². The standard InChI is InChI=1S/C15H22N4/c1-3-18(4-2)14(13-8-6-5-7-9-13)12-19-11-10-17-15(19)16/h5-11,14H,3-4,12H2,1-2H3,(H2,16,17). The van der Waals surface area contributed by atoms with E-state index < -0.39 is 0 Å². The van der Waals surface area contributed by atoms with Gasteiger partial charge >= 0.3 is 0 Å². The number of nitrogen functional groups attached to an aromatic ring is 1. The molecule has 2 rings (SSSR count). The number of hydrogen-bond acceptors (Lipinski definition) is 3. The Labute approximate surface area is 114 Å². The first kappa shape index (κ1) is 13.6. The highest BCUT2D eigenvalue weighted by atomic mass is 15.2. The van der Waals surface area contributed by atoms with Gasteiger partial charge in [-0.25, -0.2) is 4.98 Å². The van der Waals surface area contributed by atoms with E-state index in [0.717, 1.165) is 19.6 Å². The van der Waals surface area contributed by atoms with Crippen molar-refractivity contribution in [1.82, 2.24) is 14.5 Å². The zero-order chi connectivity index (χ0) is 13.7. The molecular weight excluding hydrogens is 236 g/mol. The highest BCUT2D eigenvalue weighted by molar-refractivity contribution is 5.22. The average Bonchev–Trinajstić information content (AvgIpc) is 2.85. The van der Waals surface area contributed by atoms with E-state index in [1.54, 1.807) is 6.20 Å².